The lowest BCUT2D eigenvalue weighted by Crippen LogP contribution is -2.79. The Kier molecular flexibility index (Phi) is 6.57. The molecular weight excluding hydrogens is 484 g/mol. The monoisotopic (exact) mass is 516 g/mol. The fourth-order valence-electron chi connectivity index (χ4n) is 6.07. The highest BCUT2D eigenvalue weighted by molar-refractivity contribution is 7.16. The number of nitrogens with zero attached hydrogens (tertiary/aromatic N) is 2. The number of anilines is 2. The molecule has 4 aliphatic carbocycles. The van der Waals surface area contributed by atoms with E-state index in [9.17, 15) is 14.7 Å². The van der Waals surface area contributed by atoms with Crippen molar-refractivity contribution in [2.24, 2.45) is 5.92 Å². The zero-order valence-corrected chi connectivity index (χ0v) is 21.8. The minimum absolute atomic E-state index is 0.0233. The molecule has 2 aromatic heterocycles. The van der Waals surface area contributed by atoms with Crippen LogP contribution in [0.3, 0.4) is 0 Å². The molecule has 4 saturated carbocycles. The molecule has 0 spiro atoms. The molecule has 2 atom stereocenters. The SMILES string of the molecule is Cc1ncc(Cl)cc1N[C@@H](C)c1ccc(N(C=O)[C@@H](CC2CCCC2)C(=O)NC23CC(O)(C2)C3)s1. The lowest BCUT2D eigenvalue weighted by molar-refractivity contribution is -0.220. The van der Waals surface area contributed by atoms with Crippen LogP contribution in [0.1, 0.15) is 74.9 Å². The van der Waals surface area contributed by atoms with Gasteiger partial charge in [0.25, 0.3) is 0 Å². The molecular formula is C26H33ClN4O3S. The topological polar surface area (TPSA) is 94.6 Å². The minimum Gasteiger partial charge on any atom is -0.390 e. The summed E-state index contributed by atoms with van der Waals surface area (Å²) < 4.78 is 0. The Labute approximate surface area is 215 Å². The Balaban J connectivity index is 1.33. The van der Waals surface area contributed by atoms with Crippen LogP contribution in [-0.4, -0.2) is 39.6 Å². The fourth-order valence-corrected chi connectivity index (χ4v) is 7.25. The molecule has 2 heterocycles. The highest BCUT2D eigenvalue weighted by Crippen LogP contribution is 2.60. The quantitative estimate of drug-likeness (QED) is 0.387. The second-order valence-corrected chi connectivity index (χ2v) is 12.3. The van der Waals surface area contributed by atoms with Gasteiger partial charge in [-0.3, -0.25) is 19.5 Å². The summed E-state index contributed by atoms with van der Waals surface area (Å²) in [5.41, 5.74) is 0.863. The summed E-state index contributed by atoms with van der Waals surface area (Å²) in [6, 6.07) is 5.21. The van der Waals surface area contributed by atoms with Crippen molar-refractivity contribution in [3.05, 3.63) is 40.0 Å². The van der Waals surface area contributed by atoms with Crippen LogP contribution in [-0.2, 0) is 9.59 Å². The van der Waals surface area contributed by atoms with Crippen LogP contribution in [0.5, 0.6) is 0 Å². The summed E-state index contributed by atoms with van der Waals surface area (Å²) in [6.45, 7) is 3.98. The molecule has 4 fully saturated rings. The second-order valence-electron chi connectivity index (χ2n) is 10.8. The summed E-state index contributed by atoms with van der Waals surface area (Å²) in [6.07, 6.45) is 9.51. The summed E-state index contributed by atoms with van der Waals surface area (Å²) in [5.74, 6) is 0.344. The van der Waals surface area contributed by atoms with Crippen LogP contribution < -0.4 is 15.5 Å². The number of pyridine rings is 1. The third-order valence-electron chi connectivity index (χ3n) is 7.89. The van der Waals surface area contributed by atoms with Gasteiger partial charge in [-0.25, -0.2) is 0 Å². The largest absolute Gasteiger partial charge is 0.390 e. The maximum absolute atomic E-state index is 13.5. The van der Waals surface area contributed by atoms with Gasteiger partial charge in [-0.15, -0.1) is 11.3 Å². The van der Waals surface area contributed by atoms with E-state index in [-0.39, 0.29) is 17.5 Å². The minimum atomic E-state index is -0.582. The molecule has 0 unspecified atom stereocenters. The first-order valence-electron chi connectivity index (χ1n) is 12.5. The number of halogens is 1. The summed E-state index contributed by atoms with van der Waals surface area (Å²) in [7, 11) is 0. The Hall–Kier alpha value is -2.16. The number of hydrogen-bond donors (Lipinski definition) is 3. The number of rotatable bonds is 10. The van der Waals surface area contributed by atoms with Crippen molar-refractivity contribution in [3.63, 3.8) is 0 Å². The second kappa shape index (κ2) is 9.37. The molecule has 2 amide bonds. The van der Waals surface area contributed by atoms with Crippen molar-refractivity contribution in [2.45, 2.75) is 88.4 Å². The third kappa shape index (κ3) is 4.93. The van der Waals surface area contributed by atoms with Gasteiger partial charge in [-0.05, 0) is 63.6 Å². The highest BCUT2D eigenvalue weighted by atomic mass is 35.5. The van der Waals surface area contributed by atoms with Crippen LogP contribution >= 0.6 is 22.9 Å². The average molecular weight is 517 g/mol. The third-order valence-corrected chi connectivity index (χ3v) is 9.38. The predicted octanol–water partition coefficient (Wildman–Crippen LogP) is 4.97. The van der Waals surface area contributed by atoms with Crippen molar-refractivity contribution < 1.29 is 14.7 Å². The van der Waals surface area contributed by atoms with E-state index < -0.39 is 11.6 Å². The zero-order valence-electron chi connectivity index (χ0n) is 20.2. The molecule has 0 radical (unpaired) electrons. The molecule has 3 N–H and O–H groups in total. The number of aliphatic hydroxyl groups is 1. The van der Waals surface area contributed by atoms with E-state index in [1.54, 1.807) is 11.1 Å². The Bertz CT molecular complexity index is 1100. The number of nitrogens with one attached hydrogen (secondary N) is 2. The van der Waals surface area contributed by atoms with Crippen molar-refractivity contribution in [3.8, 4) is 0 Å². The van der Waals surface area contributed by atoms with Crippen molar-refractivity contribution >= 4 is 45.9 Å². The highest BCUT2D eigenvalue weighted by Gasteiger charge is 2.68. The molecule has 0 aromatic carbocycles. The van der Waals surface area contributed by atoms with Crippen LogP contribution in [0, 0.1) is 12.8 Å². The van der Waals surface area contributed by atoms with Crippen LogP contribution in [0.25, 0.3) is 0 Å². The zero-order chi connectivity index (χ0) is 24.8. The fraction of sp³-hybridized carbons (Fsp3) is 0.577. The molecule has 2 aromatic rings. The smallest absolute Gasteiger partial charge is 0.243 e. The summed E-state index contributed by atoms with van der Waals surface area (Å²) >= 11 is 7.63. The number of carbonyl (C=O) groups excluding carboxylic acids is 2. The number of carbonyl (C=O) groups is 2. The molecule has 35 heavy (non-hydrogen) atoms. The number of aromatic nitrogens is 1. The predicted molar refractivity (Wildman–Crippen MR) is 139 cm³/mol. The molecule has 188 valence electrons. The van der Waals surface area contributed by atoms with Gasteiger partial charge >= 0.3 is 0 Å². The Morgan fingerprint density at radius 3 is 2.71 bits per heavy atom. The van der Waals surface area contributed by atoms with Gasteiger partial charge in [-0.1, -0.05) is 37.3 Å². The molecule has 9 heteroatoms. The van der Waals surface area contributed by atoms with E-state index in [0.29, 0.717) is 36.6 Å². The molecule has 4 aliphatic rings. The standard InChI is InChI=1S/C26H33ClN4O3S/c1-16-20(10-19(27)11-28-16)29-17(2)22-7-8-23(35-22)31(15-32)21(9-18-5-3-4-6-18)24(33)30-25-12-26(34,13-25)14-25/h7-8,10-11,15,17-18,21,29,34H,3-6,9,12-14H2,1-2H3,(H,30,33)/t17-,21-,25?,26?/m0/s1. The van der Waals surface area contributed by atoms with Gasteiger partial charge in [0, 0.05) is 16.6 Å². The maximum Gasteiger partial charge on any atom is 0.243 e. The van der Waals surface area contributed by atoms with E-state index in [0.717, 1.165) is 40.5 Å². The molecule has 2 bridgehead atoms. The molecule has 6 rings (SSSR count). The number of aryl methyl sites for hydroxylation is 1. The molecule has 7 nitrogen and oxygen atoms in total. The van der Waals surface area contributed by atoms with Crippen LogP contribution in [0.4, 0.5) is 10.7 Å². The van der Waals surface area contributed by atoms with Crippen molar-refractivity contribution in [1.29, 1.82) is 0 Å². The Morgan fingerprint density at radius 1 is 1.34 bits per heavy atom. The van der Waals surface area contributed by atoms with E-state index in [1.807, 2.05) is 25.1 Å². The van der Waals surface area contributed by atoms with Gasteiger partial charge in [0.15, 0.2) is 0 Å². The summed E-state index contributed by atoms with van der Waals surface area (Å²) in [4.78, 5) is 32.8. The van der Waals surface area contributed by atoms with Gasteiger partial charge < -0.3 is 15.7 Å². The first-order valence-corrected chi connectivity index (χ1v) is 13.7. The van der Waals surface area contributed by atoms with E-state index >= 15 is 0 Å². The Morgan fingerprint density at radius 2 is 2.06 bits per heavy atom. The number of thiophene rings is 1. The normalized spacial score (nSPS) is 26.9. The molecule has 0 saturated heterocycles. The van der Waals surface area contributed by atoms with E-state index in [2.05, 4.69) is 22.5 Å². The number of hydrogen-bond acceptors (Lipinski definition) is 6. The van der Waals surface area contributed by atoms with Gasteiger partial charge in [0.2, 0.25) is 12.3 Å². The van der Waals surface area contributed by atoms with E-state index in [4.69, 9.17) is 11.6 Å². The maximum atomic E-state index is 13.5. The van der Waals surface area contributed by atoms with Crippen LogP contribution in [0.15, 0.2) is 24.4 Å². The van der Waals surface area contributed by atoms with Gasteiger partial charge in [0.05, 0.1) is 33.0 Å². The van der Waals surface area contributed by atoms with Gasteiger partial charge in [0.1, 0.15) is 6.04 Å². The van der Waals surface area contributed by atoms with Crippen molar-refractivity contribution in [2.75, 3.05) is 10.2 Å². The first-order chi connectivity index (χ1) is 16.7. The number of amides is 2. The lowest BCUT2D eigenvalue weighted by atomic mass is 9.46. The first kappa shape index (κ1) is 24.5. The van der Waals surface area contributed by atoms with E-state index in [1.165, 1.54) is 24.2 Å². The van der Waals surface area contributed by atoms with Crippen molar-refractivity contribution in [1.82, 2.24) is 10.3 Å². The summed E-state index contributed by atoms with van der Waals surface area (Å²) in [5, 5.41) is 18.1. The van der Waals surface area contributed by atoms with Gasteiger partial charge in [-0.2, -0.15) is 0 Å². The van der Waals surface area contributed by atoms with Crippen LogP contribution in [0.2, 0.25) is 5.02 Å². The molecule has 0 aliphatic heterocycles. The lowest BCUT2D eigenvalue weighted by Gasteiger charge is -2.67. The average Bonchev–Trinajstić information content (AvgIpc) is 3.47.